The average molecular weight is 554 g/mol. The lowest BCUT2D eigenvalue weighted by Crippen LogP contribution is -2.32. The predicted molar refractivity (Wildman–Crippen MR) is 152 cm³/mol. The fourth-order valence-corrected chi connectivity index (χ4v) is 5.15. The minimum atomic E-state index is -0.630. The number of nitrogens with zero attached hydrogens (tertiary/aromatic N) is 3. The molecule has 0 saturated carbocycles. The Morgan fingerprint density at radius 3 is 2.73 bits per heavy atom. The van der Waals surface area contributed by atoms with Crippen molar-refractivity contribution < 1.29 is 23.5 Å². The zero-order valence-corrected chi connectivity index (χ0v) is 22.4. The molecule has 41 heavy (non-hydrogen) atoms. The van der Waals surface area contributed by atoms with Gasteiger partial charge in [-0.2, -0.15) is 5.26 Å². The molecule has 1 fully saturated rings. The second-order valence-electron chi connectivity index (χ2n) is 9.74. The molecule has 9 nitrogen and oxygen atoms in total. The summed E-state index contributed by atoms with van der Waals surface area (Å²) in [6.07, 6.45) is 3.78. The number of amides is 2. The van der Waals surface area contributed by atoms with E-state index in [4.69, 9.17) is 4.42 Å². The van der Waals surface area contributed by atoms with Crippen molar-refractivity contribution in [3.8, 4) is 34.2 Å². The standard InChI is InChI=1S/C31H28FN5O4/c1-2-37-12-4-8-22(37)16-29(39)34-21-7-3-6-19(14-21)24-17-26(23-11-10-20(32)15-27(23)38)35-30(25(24)18-33)36-31(40)28-9-5-13-41-28/h3,5-7,9-11,13-15,17,22,38H,2,4,8,12,16H2,1H3,(H,34,39)(H,35,36,40)/t22-/m0/s1. The highest BCUT2D eigenvalue weighted by Gasteiger charge is 2.25. The maximum atomic E-state index is 13.7. The van der Waals surface area contributed by atoms with Crippen molar-refractivity contribution in [3.05, 3.63) is 84.1 Å². The molecule has 2 aromatic carbocycles. The highest BCUT2D eigenvalue weighted by Crippen LogP contribution is 2.36. The van der Waals surface area contributed by atoms with Crippen LogP contribution in [0.5, 0.6) is 5.75 Å². The van der Waals surface area contributed by atoms with Crippen LogP contribution in [-0.4, -0.2) is 45.9 Å². The van der Waals surface area contributed by atoms with E-state index in [1.54, 1.807) is 36.4 Å². The van der Waals surface area contributed by atoms with Crippen LogP contribution in [0.15, 0.2) is 71.3 Å². The number of nitriles is 1. The van der Waals surface area contributed by atoms with Crippen LogP contribution in [0.3, 0.4) is 0 Å². The number of anilines is 2. The number of carbonyl (C=O) groups is 2. The number of aromatic nitrogens is 1. The zero-order valence-electron chi connectivity index (χ0n) is 22.4. The Morgan fingerprint density at radius 2 is 2.00 bits per heavy atom. The topological polar surface area (TPSA) is 131 Å². The molecule has 1 aliphatic rings. The summed E-state index contributed by atoms with van der Waals surface area (Å²) >= 11 is 0. The van der Waals surface area contributed by atoms with Crippen molar-refractivity contribution >= 4 is 23.3 Å². The number of aromatic hydroxyl groups is 1. The highest BCUT2D eigenvalue weighted by atomic mass is 19.1. The lowest BCUT2D eigenvalue weighted by molar-refractivity contribution is -0.117. The number of phenols is 1. The molecular weight excluding hydrogens is 525 g/mol. The van der Waals surface area contributed by atoms with E-state index in [-0.39, 0.29) is 46.1 Å². The summed E-state index contributed by atoms with van der Waals surface area (Å²) in [6.45, 7) is 3.98. The Kier molecular flexibility index (Phi) is 8.08. The molecule has 5 rings (SSSR count). The number of furan rings is 1. The van der Waals surface area contributed by atoms with Crippen LogP contribution in [0.2, 0.25) is 0 Å². The second kappa shape index (κ2) is 12.0. The zero-order chi connectivity index (χ0) is 28.9. The maximum absolute atomic E-state index is 13.7. The highest BCUT2D eigenvalue weighted by molar-refractivity contribution is 6.03. The third kappa shape index (κ3) is 6.10. The molecule has 2 amide bonds. The van der Waals surface area contributed by atoms with Gasteiger partial charge in [0.2, 0.25) is 5.91 Å². The Bertz CT molecular complexity index is 1630. The molecule has 0 bridgehead atoms. The van der Waals surface area contributed by atoms with E-state index in [1.165, 1.54) is 24.5 Å². The van der Waals surface area contributed by atoms with Gasteiger partial charge in [-0.1, -0.05) is 19.1 Å². The van der Waals surface area contributed by atoms with E-state index in [0.29, 0.717) is 23.2 Å². The van der Waals surface area contributed by atoms with E-state index in [2.05, 4.69) is 33.5 Å². The fourth-order valence-electron chi connectivity index (χ4n) is 5.15. The first-order valence-corrected chi connectivity index (χ1v) is 13.3. The van der Waals surface area contributed by atoms with Crippen LogP contribution in [0, 0.1) is 17.1 Å². The summed E-state index contributed by atoms with van der Waals surface area (Å²) in [5, 5.41) is 26.2. The Hall–Kier alpha value is -5.01. The molecular formula is C31H28FN5O4. The first-order valence-electron chi connectivity index (χ1n) is 13.3. The van der Waals surface area contributed by atoms with Gasteiger partial charge < -0.3 is 25.1 Å². The van der Waals surface area contributed by atoms with Gasteiger partial charge in [0.1, 0.15) is 23.2 Å². The normalized spacial score (nSPS) is 14.9. The average Bonchev–Trinajstić information content (AvgIpc) is 3.65. The van der Waals surface area contributed by atoms with Gasteiger partial charge in [0, 0.05) is 35.3 Å². The summed E-state index contributed by atoms with van der Waals surface area (Å²) in [5.41, 5.74) is 1.95. The molecule has 0 spiro atoms. The summed E-state index contributed by atoms with van der Waals surface area (Å²) in [4.78, 5) is 32.4. The third-order valence-electron chi connectivity index (χ3n) is 7.13. The first-order chi connectivity index (χ1) is 19.9. The number of halogens is 1. The molecule has 0 aliphatic carbocycles. The van der Waals surface area contributed by atoms with Crippen LogP contribution in [-0.2, 0) is 4.79 Å². The van der Waals surface area contributed by atoms with Crippen LogP contribution in [0.25, 0.3) is 22.4 Å². The van der Waals surface area contributed by atoms with E-state index in [9.17, 15) is 24.3 Å². The molecule has 4 aromatic rings. The minimum Gasteiger partial charge on any atom is -0.507 e. The van der Waals surface area contributed by atoms with Gasteiger partial charge in [0.05, 0.1) is 12.0 Å². The second-order valence-corrected chi connectivity index (χ2v) is 9.74. The summed E-state index contributed by atoms with van der Waals surface area (Å²) in [6, 6.07) is 17.4. The van der Waals surface area contributed by atoms with Gasteiger partial charge in [0.25, 0.3) is 5.91 Å². The maximum Gasteiger partial charge on any atom is 0.292 e. The fraction of sp³-hybridized carbons (Fsp3) is 0.226. The van der Waals surface area contributed by atoms with Crippen molar-refractivity contribution in [3.63, 3.8) is 0 Å². The van der Waals surface area contributed by atoms with Crippen molar-refractivity contribution in [1.29, 1.82) is 5.26 Å². The Labute approximate surface area is 236 Å². The molecule has 10 heteroatoms. The quantitative estimate of drug-likeness (QED) is 0.252. The van der Waals surface area contributed by atoms with Gasteiger partial charge in [-0.25, -0.2) is 9.37 Å². The number of hydrogen-bond acceptors (Lipinski definition) is 7. The number of carbonyl (C=O) groups excluding carboxylic acids is 2. The predicted octanol–water partition coefficient (Wildman–Crippen LogP) is 5.79. The molecule has 1 atom stereocenters. The molecule has 3 N–H and O–H groups in total. The molecule has 208 valence electrons. The lowest BCUT2D eigenvalue weighted by atomic mass is 9.97. The molecule has 1 aliphatic heterocycles. The van der Waals surface area contributed by atoms with E-state index in [0.717, 1.165) is 32.0 Å². The smallest absolute Gasteiger partial charge is 0.292 e. The van der Waals surface area contributed by atoms with Crippen molar-refractivity contribution in [2.45, 2.75) is 32.2 Å². The van der Waals surface area contributed by atoms with Crippen molar-refractivity contribution in [1.82, 2.24) is 9.88 Å². The van der Waals surface area contributed by atoms with Crippen molar-refractivity contribution in [2.75, 3.05) is 23.7 Å². The van der Waals surface area contributed by atoms with Crippen LogP contribution >= 0.6 is 0 Å². The van der Waals surface area contributed by atoms with Gasteiger partial charge in [-0.05, 0) is 74.0 Å². The molecule has 3 heterocycles. The lowest BCUT2D eigenvalue weighted by Gasteiger charge is -2.22. The number of rotatable bonds is 8. The van der Waals surface area contributed by atoms with Crippen LogP contribution in [0.4, 0.5) is 15.9 Å². The van der Waals surface area contributed by atoms with Gasteiger partial charge >= 0.3 is 0 Å². The largest absolute Gasteiger partial charge is 0.507 e. The van der Waals surface area contributed by atoms with E-state index in [1.807, 2.05) is 0 Å². The molecule has 0 radical (unpaired) electrons. The summed E-state index contributed by atoms with van der Waals surface area (Å²) in [5.74, 6) is -1.77. The van der Waals surface area contributed by atoms with Crippen LogP contribution < -0.4 is 10.6 Å². The Morgan fingerprint density at radius 1 is 1.15 bits per heavy atom. The number of benzene rings is 2. The van der Waals surface area contributed by atoms with Crippen molar-refractivity contribution in [2.24, 2.45) is 0 Å². The third-order valence-corrected chi connectivity index (χ3v) is 7.13. The van der Waals surface area contributed by atoms with Gasteiger partial charge in [-0.15, -0.1) is 0 Å². The van der Waals surface area contributed by atoms with E-state index >= 15 is 0 Å². The van der Waals surface area contributed by atoms with Crippen LogP contribution in [0.1, 0.15) is 42.3 Å². The molecule has 0 unspecified atom stereocenters. The molecule has 1 saturated heterocycles. The Balaban J connectivity index is 1.52. The van der Waals surface area contributed by atoms with Gasteiger partial charge in [0.15, 0.2) is 11.6 Å². The number of nitrogens with one attached hydrogen (secondary N) is 2. The number of pyridine rings is 1. The summed E-state index contributed by atoms with van der Waals surface area (Å²) in [7, 11) is 0. The minimum absolute atomic E-state index is 0.0147. The monoisotopic (exact) mass is 553 g/mol. The van der Waals surface area contributed by atoms with E-state index < -0.39 is 11.7 Å². The number of hydrogen-bond donors (Lipinski definition) is 3. The SMILES string of the molecule is CCN1CCC[C@H]1CC(=O)Nc1cccc(-c2cc(-c3ccc(F)cc3O)nc(NC(=O)c3ccco3)c2C#N)c1. The summed E-state index contributed by atoms with van der Waals surface area (Å²) < 4.78 is 18.9. The van der Waals surface area contributed by atoms with Gasteiger partial charge in [-0.3, -0.25) is 9.59 Å². The number of likely N-dealkylation sites (tertiary alicyclic amines) is 1. The number of phenolic OH excluding ortho intramolecular Hbond substituents is 1. The first kappa shape index (κ1) is 27.6. The molecule has 2 aromatic heterocycles.